The number of hydrogen-bond acceptors (Lipinski definition) is 6. The molecule has 0 radical (unpaired) electrons. The van der Waals surface area contributed by atoms with Crippen LogP contribution < -0.4 is 5.73 Å². The number of phenolic OH excluding ortho intramolecular Hbond substituents is 1. The molecule has 1 aliphatic heterocycles. The fourth-order valence-corrected chi connectivity index (χ4v) is 4.57. The molecule has 8 nitrogen and oxygen atoms in total. The number of carbonyl (C=O) groups excluding carboxylic acids is 2. The molecule has 0 fully saturated rings. The summed E-state index contributed by atoms with van der Waals surface area (Å²) in [6.45, 7) is 4.79. The Kier molecular flexibility index (Phi) is 5.72. The summed E-state index contributed by atoms with van der Waals surface area (Å²) >= 11 is 0. The van der Waals surface area contributed by atoms with E-state index in [2.05, 4.69) is 16.5 Å². The van der Waals surface area contributed by atoms with Gasteiger partial charge in [0.25, 0.3) is 11.8 Å². The zero-order valence-electron chi connectivity index (χ0n) is 19.8. The fourth-order valence-electron chi connectivity index (χ4n) is 4.57. The van der Waals surface area contributed by atoms with Gasteiger partial charge in [-0.2, -0.15) is 0 Å². The molecule has 0 spiro atoms. The number of benzene rings is 2. The number of rotatable bonds is 7. The topological polar surface area (TPSA) is 114 Å². The number of imidazole rings is 1. The Balaban J connectivity index is 1.63. The van der Waals surface area contributed by atoms with Gasteiger partial charge in [0.05, 0.1) is 17.6 Å². The van der Waals surface area contributed by atoms with Crippen molar-refractivity contribution in [3.8, 4) is 5.75 Å². The molecule has 5 rings (SSSR count). The maximum absolute atomic E-state index is 12.0. The van der Waals surface area contributed by atoms with Gasteiger partial charge in [-0.25, -0.2) is 9.97 Å². The molecule has 4 aromatic rings. The highest BCUT2D eigenvalue weighted by molar-refractivity contribution is 6.13. The first kappa shape index (κ1) is 22.6. The van der Waals surface area contributed by atoms with Crippen LogP contribution in [0.2, 0.25) is 0 Å². The first-order chi connectivity index (χ1) is 16.9. The van der Waals surface area contributed by atoms with Crippen LogP contribution in [0, 0.1) is 6.92 Å². The summed E-state index contributed by atoms with van der Waals surface area (Å²) in [5, 5.41) is 10.9. The third-order valence-corrected chi connectivity index (χ3v) is 6.44. The molecule has 8 heteroatoms. The van der Waals surface area contributed by atoms with E-state index < -0.39 is 0 Å². The fraction of sp³-hybridized carbons (Fsp3) is 0.259. The van der Waals surface area contributed by atoms with E-state index in [0.29, 0.717) is 23.4 Å². The van der Waals surface area contributed by atoms with E-state index >= 15 is 0 Å². The summed E-state index contributed by atoms with van der Waals surface area (Å²) in [5.74, 6) is 0.920. The number of unbranched alkanes of at least 4 members (excludes halogenated alkanes) is 1. The van der Waals surface area contributed by atoms with Crippen molar-refractivity contribution in [3.63, 3.8) is 0 Å². The number of aryl methyl sites for hydroxylation is 2. The molecule has 3 heterocycles. The van der Waals surface area contributed by atoms with Crippen LogP contribution in [-0.2, 0) is 29.1 Å². The Labute approximate surface area is 202 Å². The Bertz CT molecular complexity index is 1500. The summed E-state index contributed by atoms with van der Waals surface area (Å²) in [4.78, 5) is 34.7. The second-order valence-corrected chi connectivity index (χ2v) is 8.98. The van der Waals surface area contributed by atoms with Crippen LogP contribution in [0.5, 0.6) is 5.75 Å². The summed E-state index contributed by atoms with van der Waals surface area (Å²) in [7, 11) is 0. The lowest BCUT2D eigenvalue weighted by Crippen LogP contribution is -2.29. The third kappa shape index (κ3) is 4.12. The molecule has 2 aromatic carbocycles. The molecule has 35 heavy (non-hydrogen) atoms. The highest BCUT2D eigenvalue weighted by atomic mass is 16.3. The quantitative estimate of drug-likeness (QED) is 0.396. The standard InChI is InChI=1S/C27H27N5O3/c1-3-4-5-22-30-25-26(31(22)14-17-7-9-21(33)16(2)12-17)19-8-6-18(13-20(19)29-27(25)28)15-32-23(34)10-11-24(32)35/h6-13,33H,3-5,14-15H2,1-2H3,(H2,28,29). The molecule has 0 bridgehead atoms. The number of fused-ring (bicyclic) bond motifs is 3. The van der Waals surface area contributed by atoms with Crippen molar-refractivity contribution in [1.29, 1.82) is 0 Å². The lowest BCUT2D eigenvalue weighted by Gasteiger charge is -2.15. The van der Waals surface area contributed by atoms with Crippen LogP contribution in [0.1, 0.15) is 42.3 Å². The predicted octanol–water partition coefficient (Wildman–Crippen LogP) is 4.00. The van der Waals surface area contributed by atoms with Gasteiger partial charge in [-0.05, 0) is 42.2 Å². The van der Waals surface area contributed by atoms with Gasteiger partial charge in [-0.15, -0.1) is 0 Å². The van der Waals surface area contributed by atoms with Crippen LogP contribution in [0.3, 0.4) is 0 Å². The number of aromatic nitrogens is 3. The second kappa shape index (κ2) is 8.87. The zero-order valence-corrected chi connectivity index (χ0v) is 19.8. The largest absolute Gasteiger partial charge is 0.508 e. The number of aromatic hydroxyl groups is 1. The van der Waals surface area contributed by atoms with Crippen LogP contribution in [-0.4, -0.2) is 36.4 Å². The zero-order chi connectivity index (χ0) is 24.7. The van der Waals surface area contributed by atoms with Gasteiger partial charge in [0, 0.05) is 30.5 Å². The molecule has 3 N–H and O–H groups in total. The highest BCUT2D eigenvalue weighted by Gasteiger charge is 2.24. The van der Waals surface area contributed by atoms with E-state index in [-0.39, 0.29) is 24.1 Å². The first-order valence-corrected chi connectivity index (χ1v) is 11.7. The van der Waals surface area contributed by atoms with Gasteiger partial charge in [0.1, 0.15) is 17.1 Å². The Morgan fingerprint density at radius 1 is 0.971 bits per heavy atom. The molecular weight excluding hydrogens is 442 g/mol. The summed E-state index contributed by atoms with van der Waals surface area (Å²) in [6, 6.07) is 11.4. The van der Waals surface area contributed by atoms with Gasteiger partial charge < -0.3 is 15.4 Å². The lowest BCUT2D eigenvalue weighted by molar-refractivity contribution is -0.137. The minimum atomic E-state index is -0.319. The van der Waals surface area contributed by atoms with Crippen LogP contribution in [0.4, 0.5) is 5.82 Å². The number of carbonyl (C=O) groups is 2. The van der Waals surface area contributed by atoms with Crippen LogP contribution in [0.25, 0.3) is 21.9 Å². The van der Waals surface area contributed by atoms with E-state index in [1.54, 1.807) is 6.07 Å². The first-order valence-electron chi connectivity index (χ1n) is 11.7. The number of nitrogen functional groups attached to an aromatic ring is 1. The van der Waals surface area contributed by atoms with E-state index in [4.69, 9.17) is 10.7 Å². The molecule has 0 saturated heterocycles. The average molecular weight is 470 g/mol. The molecule has 178 valence electrons. The number of pyridine rings is 1. The maximum atomic E-state index is 12.0. The number of anilines is 1. The van der Waals surface area contributed by atoms with Crippen molar-refractivity contribution in [2.24, 2.45) is 0 Å². The highest BCUT2D eigenvalue weighted by Crippen LogP contribution is 2.31. The van der Waals surface area contributed by atoms with Crippen molar-refractivity contribution in [2.75, 3.05) is 5.73 Å². The lowest BCUT2D eigenvalue weighted by atomic mass is 10.1. The predicted molar refractivity (Wildman–Crippen MR) is 135 cm³/mol. The molecule has 0 atom stereocenters. The molecule has 2 amide bonds. The SMILES string of the molecule is CCCCc1nc2c(N)nc3cc(CN4C(=O)C=CC4=O)ccc3c2n1Cc1ccc(O)c(C)c1. The minimum absolute atomic E-state index is 0.175. The number of nitrogens with two attached hydrogens (primary N) is 1. The summed E-state index contributed by atoms with van der Waals surface area (Å²) < 4.78 is 2.19. The smallest absolute Gasteiger partial charge is 0.253 e. The second-order valence-electron chi connectivity index (χ2n) is 8.98. The Morgan fingerprint density at radius 2 is 1.69 bits per heavy atom. The Hall–Kier alpha value is -4.20. The number of amides is 2. The minimum Gasteiger partial charge on any atom is -0.508 e. The third-order valence-electron chi connectivity index (χ3n) is 6.44. The van der Waals surface area contributed by atoms with Gasteiger partial charge in [-0.3, -0.25) is 14.5 Å². The van der Waals surface area contributed by atoms with Crippen molar-refractivity contribution >= 4 is 39.6 Å². The average Bonchev–Trinajstić information content (AvgIpc) is 3.35. The van der Waals surface area contributed by atoms with Crippen molar-refractivity contribution in [3.05, 3.63) is 71.1 Å². The van der Waals surface area contributed by atoms with E-state index in [9.17, 15) is 14.7 Å². The van der Waals surface area contributed by atoms with Crippen molar-refractivity contribution < 1.29 is 14.7 Å². The molecule has 1 aliphatic rings. The van der Waals surface area contributed by atoms with Crippen LogP contribution in [0.15, 0.2) is 48.6 Å². The van der Waals surface area contributed by atoms with Crippen molar-refractivity contribution in [1.82, 2.24) is 19.4 Å². The van der Waals surface area contributed by atoms with Gasteiger partial charge in [-0.1, -0.05) is 37.6 Å². The maximum Gasteiger partial charge on any atom is 0.253 e. The molecule has 0 aliphatic carbocycles. The number of phenols is 1. The Morgan fingerprint density at radius 3 is 2.40 bits per heavy atom. The van der Waals surface area contributed by atoms with Gasteiger partial charge >= 0.3 is 0 Å². The van der Waals surface area contributed by atoms with E-state index in [1.165, 1.54) is 17.1 Å². The van der Waals surface area contributed by atoms with Gasteiger partial charge in [0.2, 0.25) is 0 Å². The van der Waals surface area contributed by atoms with E-state index in [0.717, 1.165) is 52.7 Å². The van der Waals surface area contributed by atoms with Crippen LogP contribution >= 0.6 is 0 Å². The number of hydrogen-bond donors (Lipinski definition) is 2. The molecule has 2 aromatic heterocycles. The summed E-state index contributed by atoms with van der Waals surface area (Å²) in [6.07, 6.45) is 5.42. The van der Waals surface area contributed by atoms with Crippen molar-refractivity contribution in [2.45, 2.75) is 46.2 Å². The van der Waals surface area contributed by atoms with Gasteiger partial charge in [0.15, 0.2) is 5.82 Å². The molecule has 0 unspecified atom stereocenters. The molecule has 0 saturated carbocycles. The molecular formula is C27H27N5O3. The summed E-state index contributed by atoms with van der Waals surface area (Å²) in [5.41, 5.74) is 11.3. The number of imide groups is 1. The van der Waals surface area contributed by atoms with E-state index in [1.807, 2.05) is 37.3 Å². The monoisotopic (exact) mass is 469 g/mol. The number of nitrogens with zero attached hydrogens (tertiary/aromatic N) is 4. The normalized spacial score (nSPS) is 13.6.